The van der Waals surface area contributed by atoms with Gasteiger partial charge in [0.25, 0.3) is 11.5 Å². The van der Waals surface area contributed by atoms with Crippen molar-refractivity contribution >= 4 is 16.7 Å². The van der Waals surface area contributed by atoms with Gasteiger partial charge in [-0.15, -0.1) is 0 Å². The quantitative estimate of drug-likeness (QED) is 0.568. The first kappa shape index (κ1) is 18.6. The average molecular weight is 383 g/mol. The van der Waals surface area contributed by atoms with E-state index in [9.17, 15) is 9.59 Å². The fourth-order valence-corrected chi connectivity index (χ4v) is 3.33. The molecule has 29 heavy (non-hydrogen) atoms. The minimum Gasteiger partial charge on any atom is -0.350 e. The molecule has 0 radical (unpaired) electrons. The standard InChI is InChI=1S/C24H21N3O2/c1-17(18-10-4-2-5-11-18)16-25-23(28)22-20-14-8-9-15-21(20)24(29)27(26-22)19-12-6-3-7-13-19/h2-15,17H,16H2,1H3,(H,25,28)/t17-/m0/s1. The molecule has 0 saturated heterocycles. The topological polar surface area (TPSA) is 64.0 Å². The summed E-state index contributed by atoms with van der Waals surface area (Å²) in [5, 5.41) is 8.40. The number of nitrogens with one attached hydrogen (secondary N) is 1. The lowest BCUT2D eigenvalue weighted by Crippen LogP contribution is -2.32. The fourth-order valence-electron chi connectivity index (χ4n) is 3.33. The van der Waals surface area contributed by atoms with Gasteiger partial charge >= 0.3 is 0 Å². The van der Waals surface area contributed by atoms with E-state index in [1.54, 1.807) is 36.4 Å². The van der Waals surface area contributed by atoms with Crippen LogP contribution in [0, 0.1) is 0 Å². The van der Waals surface area contributed by atoms with Crippen LogP contribution in [0.4, 0.5) is 0 Å². The van der Waals surface area contributed by atoms with Crippen molar-refractivity contribution in [1.82, 2.24) is 15.1 Å². The number of para-hydroxylation sites is 1. The van der Waals surface area contributed by atoms with Crippen LogP contribution in [0.25, 0.3) is 16.5 Å². The Morgan fingerprint density at radius 2 is 1.48 bits per heavy atom. The molecule has 3 aromatic carbocycles. The van der Waals surface area contributed by atoms with E-state index in [1.807, 2.05) is 48.5 Å². The van der Waals surface area contributed by atoms with Crippen molar-refractivity contribution in [2.24, 2.45) is 0 Å². The Morgan fingerprint density at radius 1 is 0.897 bits per heavy atom. The number of fused-ring (bicyclic) bond motifs is 1. The maximum Gasteiger partial charge on any atom is 0.279 e. The molecule has 5 nitrogen and oxygen atoms in total. The lowest BCUT2D eigenvalue weighted by molar-refractivity contribution is 0.0947. The molecule has 1 heterocycles. The van der Waals surface area contributed by atoms with Gasteiger partial charge in [0.2, 0.25) is 0 Å². The van der Waals surface area contributed by atoms with E-state index >= 15 is 0 Å². The summed E-state index contributed by atoms with van der Waals surface area (Å²) in [6.07, 6.45) is 0. The van der Waals surface area contributed by atoms with E-state index in [-0.39, 0.29) is 23.1 Å². The number of nitrogens with zero attached hydrogens (tertiary/aromatic N) is 2. The molecule has 0 spiro atoms. The SMILES string of the molecule is C[C@@H](CNC(=O)c1nn(-c2ccccc2)c(=O)c2ccccc12)c1ccccc1. The molecular formula is C24H21N3O2. The number of carbonyl (C=O) groups is 1. The fraction of sp³-hybridized carbons (Fsp3) is 0.125. The molecule has 0 bridgehead atoms. The van der Waals surface area contributed by atoms with Crippen LogP contribution in [0.3, 0.4) is 0 Å². The summed E-state index contributed by atoms with van der Waals surface area (Å²) in [6, 6.07) is 26.2. The molecule has 1 atom stereocenters. The Hall–Kier alpha value is -3.73. The summed E-state index contributed by atoms with van der Waals surface area (Å²) in [7, 11) is 0. The zero-order valence-electron chi connectivity index (χ0n) is 16.1. The minimum atomic E-state index is -0.298. The number of hydrogen-bond acceptors (Lipinski definition) is 3. The maximum atomic E-state index is 13.0. The van der Waals surface area contributed by atoms with Gasteiger partial charge in [-0.25, -0.2) is 0 Å². The largest absolute Gasteiger partial charge is 0.350 e. The molecular weight excluding hydrogens is 362 g/mol. The Kier molecular flexibility index (Phi) is 5.20. The van der Waals surface area contributed by atoms with Gasteiger partial charge in [0.15, 0.2) is 5.69 Å². The Morgan fingerprint density at radius 3 is 2.17 bits per heavy atom. The first-order valence-electron chi connectivity index (χ1n) is 9.56. The van der Waals surface area contributed by atoms with E-state index in [1.165, 1.54) is 4.68 Å². The molecule has 4 aromatic rings. The van der Waals surface area contributed by atoms with Crippen molar-refractivity contribution in [3.63, 3.8) is 0 Å². The summed E-state index contributed by atoms with van der Waals surface area (Å²) in [6.45, 7) is 2.54. The molecule has 1 N–H and O–H groups in total. The monoisotopic (exact) mass is 383 g/mol. The molecule has 0 aliphatic carbocycles. The Balaban J connectivity index is 1.70. The molecule has 144 valence electrons. The highest BCUT2D eigenvalue weighted by Crippen LogP contribution is 2.17. The lowest BCUT2D eigenvalue weighted by Gasteiger charge is -2.14. The number of amides is 1. The summed E-state index contributed by atoms with van der Waals surface area (Å²) in [5.74, 6) is -0.139. The molecule has 1 amide bonds. The van der Waals surface area contributed by atoms with Gasteiger partial charge in [0.05, 0.1) is 11.1 Å². The van der Waals surface area contributed by atoms with Crippen LogP contribution in [0.15, 0.2) is 89.7 Å². The van der Waals surface area contributed by atoms with Crippen molar-refractivity contribution in [2.75, 3.05) is 6.54 Å². The van der Waals surface area contributed by atoms with E-state index in [0.29, 0.717) is 23.0 Å². The Labute approximate surface area is 168 Å². The van der Waals surface area contributed by atoms with Gasteiger partial charge in [0, 0.05) is 11.9 Å². The summed E-state index contributed by atoms with van der Waals surface area (Å²) >= 11 is 0. The third-order valence-electron chi connectivity index (χ3n) is 4.96. The molecule has 0 aliphatic heterocycles. The second kappa shape index (κ2) is 8.10. The zero-order chi connectivity index (χ0) is 20.2. The summed E-state index contributed by atoms with van der Waals surface area (Å²) < 4.78 is 1.29. The summed E-state index contributed by atoms with van der Waals surface area (Å²) in [5.41, 5.74) is 1.76. The van der Waals surface area contributed by atoms with Crippen molar-refractivity contribution in [3.05, 3.63) is 107 Å². The molecule has 0 saturated carbocycles. The predicted molar refractivity (Wildman–Crippen MR) is 115 cm³/mol. The molecule has 5 heteroatoms. The van der Waals surface area contributed by atoms with Crippen LogP contribution in [0.5, 0.6) is 0 Å². The van der Waals surface area contributed by atoms with E-state index in [2.05, 4.69) is 17.3 Å². The highest BCUT2D eigenvalue weighted by molar-refractivity contribution is 6.04. The van der Waals surface area contributed by atoms with Crippen molar-refractivity contribution in [2.45, 2.75) is 12.8 Å². The van der Waals surface area contributed by atoms with Crippen LogP contribution in [-0.2, 0) is 0 Å². The number of hydrogen-bond donors (Lipinski definition) is 1. The van der Waals surface area contributed by atoms with Crippen LogP contribution in [0.1, 0.15) is 28.9 Å². The maximum absolute atomic E-state index is 13.0. The van der Waals surface area contributed by atoms with Gasteiger partial charge in [-0.3, -0.25) is 9.59 Å². The molecule has 4 rings (SSSR count). The highest BCUT2D eigenvalue weighted by Gasteiger charge is 2.18. The van der Waals surface area contributed by atoms with Crippen LogP contribution in [0.2, 0.25) is 0 Å². The number of benzene rings is 3. The smallest absolute Gasteiger partial charge is 0.279 e. The second-order valence-electron chi connectivity index (χ2n) is 6.97. The molecule has 1 aromatic heterocycles. The lowest BCUT2D eigenvalue weighted by atomic mass is 10.0. The summed E-state index contributed by atoms with van der Waals surface area (Å²) in [4.78, 5) is 25.9. The third kappa shape index (κ3) is 3.80. The van der Waals surface area contributed by atoms with Gasteiger partial charge in [-0.05, 0) is 29.7 Å². The van der Waals surface area contributed by atoms with Gasteiger partial charge in [-0.1, -0.05) is 73.7 Å². The number of rotatable bonds is 5. The van der Waals surface area contributed by atoms with Crippen molar-refractivity contribution in [3.8, 4) is 5.69 Å². The molecule has 0 fully saturated rings. The number of aromatic nitrogens is 2. The van der Waals surface area contributed by atoms with Crippen molar-refractivity contribution in [1.29, 1.82) is 0 Å². The predicted octanol–water partition coefficient (Wildman–Crippen LogP) is 3.92. The van der Waals surface area contributed by atoms with Gasteiger partial charge < -0.3 is 5.32 Å². The van der Waals surface area contributed by atoms with Crippen LogP contribution >= 0.6 is 0 Å². The number of carbonyl (C=O) groups excluding carboxylic acids is 1. The molecule has 0 aliphatic rings. The van der Waals surface area contributed by atoms with Gasteiger partial charge in [-0.2, -0.15) is 9.78 Å². The Bertz CT molecular complexity index is 1200. The van der Waals surface area contributed by atoms with E-state index in [0.717, 1.165) is 5.56 Å². The highest BCUT2D eigenvalue weighted by atomic mass is 16.2. The normalized spacial score (nSPS) is 11.9. The van der Waals surface area contributed by atoms with E-state index in [4.69, 9.17) is 0 Å². The second-order valence-corrected chi connectivity index (χ2v) is 6.97. The average Bonchev–Trinajstić information content (AvgIpc) is 2.79. The first-order valence-corrected chi connectivity index (χ1v) is 9.56. The third-order valence-corrected chi connectivity index (χ3v) is 4.96. The van der Waals surface area contributed by atoms with Crippen LogP contribution < -0.4 is 10.9 Å². The van der Waals surface area contributed by atoms with Gasteiger partial charge in [0.1, 0.15) is 0 Å². The van der Waals surface area contributed by atoms with E-state index < -0.39 is 0 Å². The zero-order valence-corrected chi connectivity index (χ0v) is 16.1. The first-order chi connectivity index (χ1) is 14.1. The molecule has 0 unspecified atom stereocenters. The van der Waals surface area contributed by atoms with Crippen molar-refractivity contribution < 1.29 is 4.79 Å². The van der Waals surface area contributed by atoms with Crippen LogP contribution in [-0.4, -0.2) is 22.2 Å². The minimum absolute atomic E-state index is 0.159.